The smallest absolute Gasteiger partial charge is 0.0627 e. The van der Waals surface area contributed by atoms with Crippen molar-refractivity contribution in [1.82, 2.24) is 5.32 Å². The topological polar surface area (TPSA) is 12.0 Å². The van der Waals surface area contributed by atoms with Crippen LogP contribution in [-0.4, -0.2) is 13.1 Å². The molecule has 2 rings (SSSR count). The van der Waals surface area contributed by atoms with Gasteiger partial charge in [0.05, 0.1) is 10.0 Å². The highest BCUT2D eigenvalue weighted by atomic mass is 35.5. The Morgan fingerprint density at radius 3 is 2.79 bits per heavy atom. The quantitative estimate of drug-likeness (QED) is 0.731. The van der Waals surface area contributed by atoms with Crippen LogP contribution in [0.4, 0.5) is 0 Å². The molecule has 1 saturated carbocycles. The van der Waals surface area contributed by atoms with Gasteiger partial charge in [-0.25, -0.2) is 0 Å². The number of nitrogens with one attached hydrogen (secondary N) is 1. The van der Waals surface area contributed by atoms with Crippen LogP contribution in [0.3, 0.4) is 0 Å². The molecule has 1 aliphatic carbocycles. The number of hydrogen-bond donors (Lipinski definition) is 1. The van der Waals surface area contributed by atoms with Gasteiger partial charge >= 0.3 is 0 Å². The monoisotopic (exact) mass is 299 g/mol. The van der Waals surface area contributed by atoms with E-state index in [4.69, 9.17) is 23.2 Å². The Hall–Kier alpha value is -0.240. The molecule has 0 aromatic heterocycles. The van der Waals surface area contributed by atoms with Gasteiger partial charge in [-0.3, -0.25) is 0 Å². The van der Waals surface area contributed by atoms with Crippen molar-refractivity contribution in [3.8, 4) is 0 Å². The van der Waals surface area contributed by atoms with Crippen molar-refractivity contribution in [2.45, 2.75) is 44.9 Å². The molecule has 3 heteroatoms. The van der Waals surface area contributed by atoms with E-state index in [1.165, 1.54) is 37.7 Å². The van der Waals surface area contributed by atoms with Crippen molar-refractivity contribution in [3.05, 3.63) is 33.8 Å². The fourth-order valence-corrected chi connectivity index (χ4v) is 3.58. The van der Waals surface area contributed by atoms with Crippen LogP contribution in [0.5, 0.6) is 0 Å². The predicted octanol–water partition coefficient (Wildman–Crippen LogP) is 5.27. The Morgan fingerprint density at radius 1 is 1.21 bits per heavy atom. The minimum atomic E-state index is 0.560. The van der Waals surface area contributed by atoms with Crippen LogP contribution in [0.15, 0.2) is 18.2 Å². The van der Waals surface area contributed by atoms with Gasteiger partial charge < -0.3 is 5.32 Å². The molecule has 0 heterocycles. The second-order valence-electron chi connectivity index (χ2n) is 5.50. The third kappa shape index (κ3) is 3.87. The van der Waals surface area contributed by atoms with Gasteiger partial charge in [0.15, 0.2) is 0 Å². The molecule has 0 bridgehead atoms. The summed E-state index contributed by atoms with van der Waals surface area (Å²) in [5, 5.41) is 5.01. The Morgan fingerprint density at radius 2 is 2.00 bits per heavy atom. The van der Waals surface area contributed by atoms with Crippen molar-refractivity contribution in [2.24, 2.45) is 5.92 Å². The lowest BCUT2D eigenvalue weighted by molar-refractivity contribution is 0.296. The van der Waals surface area contributed by atoms with Crippen LogP contribution in [0.1, 0.15) is 50.5 Å². The minimum Gasteiger partial charge on any atom is -0.316 e. The lowest BCUT2D eigenvalue weighted by Crippen LogP contribution is -2.30. The Kier molecular flexibility index (Phi) is 6.00. The van der Waals surface area contributed by atoms with Crippen molar-refractivity contribution in [1.29, 1.82) is 0 Å². The highest BCUT2D eigenvalue weighted by molar-refractivity contribution is 6.42. The average molecular weight is 300 g/mol. The van der Waals surface area contributed by atoms with Crippen LogP contribution in [0, 0.1) is 5.92 Å². The molecular formula is C16H23Cl2N. The molecule has 106 valence electrons. The number of rotatable bonds is 5. The fourth-order valence-electron chi connectivity index (χ4n) is 3.13. The molecule has 0 saturated heterocycles. The molecule has 1 N–H and O–H groups in total. The molecule has 1 aromatic carbocycles. The summed E-state index contributed by atoms with van der Waals surface area (Å²) in [5.41, 5.74) is 1.25. The van der Waals surface area contributed by atoms with E-state index in [9.17, 15) is 0 Å². The summed E-state index contributed by atoms with van der Waals surface area (Å²) in [5.74, 6) is 1.25. The Balaban J connectivity index is 2.12. The first-order valence-corrected chi connectivity index (χ1v) is 8.14. The molecule has 1 aliphatic rings. The summed E-state index contributed by atoms with van der Waals surface area (Å²) in [6.45, 7) is 4.41. The number of hydrogen-bond acceptors (Lipinski definition) is 1. The van der Waals surface area contributed by atoms with E-state index < -0.39 is 0 Å². The summed E-state index contributed by atoms with van der Waals surface area (Å²) in [7, 11) is 0. The third-order valence-electron chi connectivity index (χ3n) is 4.12. The van der Waals surface area contributed by atoms with Gasteiger partial charge in [0, 0.05) is 0 Å². The van der Waals surface area contributed by atoms with E-state index in [1.807, 2.05) is 12.1 Å². The Bertz CT molecular complexity index is 406. The summed E-state index contributed by atoms with van der Waals surface area (Å²) < 4.78 is 0. The van der Waals surface area contributed by atoms with Crippen molar-refractivity contribution in [3.63, 3.8) is 0 Å². The summed E-state index contributed by atoms with van der Waals surface area (Å²) in [4.78, 5) is 0. The van der Waals surface area contributed by atoms with E-state index >= 15 is 0 Å². The SMILES string of the molecule is CCCNCC1CCCCC1c1cccc(Cl)c1Cl. The number of halogens is 2. The molecule has 1 nitrogen and oxygen atoms in total. The minimum absolute atomic E-state index is 0.560. The van der Waals surface area contributed by atoms with E-state index in [1.54, 1.807) is 0 Å². The van der Waals surface area contributed by atoms with Gasteiger partial charge in [-0.15, -0.1) is 0 Å². The van der Waals surface area contributed by atoms with Gasteiger partial charge in [-0.2, -0.15) is 0 Å². The Labute approximate surface area is 126 Å². The van der Waals surface area contributed by atoms with Crippen molar-refractivity contribution in [2.75, 3.05) is 13.1 Å². The standard InChI is InChI=1S/C16H23Cl2N/c1-2-10-19-11-12-6-3-4-7-13(12)14-8-5-9-15(17)16(14)18/h5,8-9,12-13,19H,2-4,6-7,10-11H2,1H3. The summed E-state index contributed by atoms with van der Waals surface area (Å²) in [6, 6.07) is 6.05. The van der Waals surface area contributed by atoms with Crippen LogP contribution in [0.25, 0.3) is 0 Å². The van der Waals surface area contributed by atoms with E-state index in [2.05, 4.69) is 18.3 Å². The second-order valence-corrected chi connectivity index (χ2v) is 6.28. The van der Waals surface area contributed by atoms with Crippen LogP contribution < -0.4 is 5.32 Å². The zero-order valence-corrected chi connectivity index (χ0v) is 13.1. The van der Waals surface area contributed by atoms with Gasteiger partial charge in [0.2, 0.25) is 0 Å². The van der Waals surface area contributed by atoms with Gasteiger partial charge in [-0.05, 0) is 55.8 Å². The maximum Gasteiger partial charge on any atom is 0.0627 e. The molecule has 0 radical (unpaired) electrons. The molecule has 1 aromatic rings. The van der Waals surface area contributed by atoms with E-state index in [0.717, 1.165) is 18.1 Å². The second kappa shape index (κ2) is 7.52. The highest BCUT2D eigenvalue weighted by Crippen LogP contribution is 2.42. The van der Waals surface area contributed by atoms with Crippen LogP contribution >= 0.6 is 23.2 Å². The maximum atomic E-state index is 6.40. The van der Waals surface area contributed by atoms with E-state index in [0.29, 0.717) is 16.9 Å². The molecule has 0 spiro atoms. The summed E-state index contributed by atoms with van der Waals surface area (Å²) >= 11 is 12.6. The van der Waals surface area contributed by atoms with Gasteiger partial charge in [0.1, 0.15) is 0 Å². The molecule has 2 unspecified atom stereocenters. The van der Waals surface area contributed by atoms with Gasteiger partial charge in [-0.1, -0.05) is 55.1 Å². The molecule has 1 fully saturated rings. The number of benzene rings is 1. The third-order valence-corrected chi connectivity index (χ3v) is 4.96. The predicted molar refractivity (Wildman–Crippen MR) is 84.3 cm³/mol. The van der Waals surface area contributed by atoms with Crippen molar-refractivity contribution < 1.29 is 0 Å². The molecule has 0 aliphatic heterocycles. The van der Waals surface area contributed by atoms with Crippen molar-refractivity contribution >= 4 is 23.2 Å². The zero-order valence-electron chi connectivity index (χ0n) is 11.6. The maximum absolute atomic E-state index is 6.40. The van der Waals surface area contributed by atoms with Crippen LogP contribution in [0.2, 0.25) is 10.0 Å². The molecular weight excluding hydrogens is 277 g/mol. The van der Waals surface area contributed by atoms with Crippen LogP contribution in [-0.2, 0) is 0 Å². The highest BCUT2D eigenvalue weighted by Gasteiger charge is 2.28. The molecule has 19 heavy (non-hydrogen) atoms. The first-order valence-electron chi connectivity index (χ1n) is 7.38. The lowest BCUT2D eigenvalue weighted by Gasteiger charge is -2.33. The zero-order chi connectivity index (χ0) is 13.7. The van der Waals surface area contributed by atoms with Gasteiger partial charge in [0.25, 0.3) is 0 Å². The normalized spacial score (nSPS) is 23.5. The largest absolute Gasteiger partial charge is 0.316 e. The first-order chi connectivity index (χ1) is 9.24. The first kappa shape index (κ1) is 15.2. The fraction of sp³-hybridized carbons (Fsp3) is 0.625. The van der Waals surface area contributed by atoms with E-state index in [-0.39, 0.29) is 0 Å². The molecule has 2 atom stereocenters. The average Bonchev–Trinajstić information content (AvgIpc) is 2.43. The molecule has 0 amide bonds. The summed E-state index contributed by atoms with van der Waals surface area (Å²) in [6.07, 6.45) is 6.36. The lowest BCUT2D eigenvalue weighted by atomic mass is 9.75.